The van der Waals surface area contributed by atoms with Crippen LogP contribution in [-0.4, -0.2) is 56.3 Å². The number of carbonyl (C=O) groups is 1. The minimum absolute atomic E-state index is 0.0227. The number of aromatic hydroxyl groups is 2. The van der Waals surface area contributed by atoms with Gasteiger partial charge in [0, 0.05) is 55.5 Å². The molecule has 0 atom stereocenters. The van der Waals surface area contributed by atoms with Crippen molar-refractivity contribution in [3.8, 4) is 34.3 Å². The number of aromatic nitrogens is 1. The lowest BCUT2D eigenvalue weighted by atomic mass is 9.92. The lowest BCUT2D eigenvalue weighted by Gasteiger charge is -2.39. The SMILES string of the molecule is O=C(NC1CCN(C2CCCCC2)CC1)c1cc(-c2c(O)cc(O)cc2Oc2ccc([N+](=O)[O-])cc2)on1. The van der Waals surface area contributed by atoms with Crippen molar-refractivity contribution in [3.05, 3.63) is 58.3 Å². The Kier molecular flexibility index (Phi) is 7.45. The van der Waals surface area contributed by atoms with Gasteiger partial charge in [0.2, 0.25) is 0 Å². The van der Waals surface area contributed by atoms with Crippen LogP contribution in [0.25, 0.3) is 11.3 Å². The van der Waals surface area contributed by atoms with Crippen molar-refractivity contribution in [1.82, 2.24) is 15.4 Å². The molecule has 3 aromatic rings. The van der Waals surface area contributed by atoms with Crippen molar-refractivity contribution < 1.29 is 29.2 Å². The zero-order valence-electron chi connectivity index (χ0n) is 20.8. The molecule has 0 spiro atoms. The van der Waals surface area contributed by atoms with Crippen LogP contribution in [0.3, 0.4) is 0 Å². The maximum Gasteiger partial charge on any atom is 0.273 e. The molecule has 38 heavy (non-hydrogen) atoms. The van der Waals surface area contributed by atoms with Crippen LogP contribution in [0.15, 0.2) is 47.0 Å². The van der Waals surface area contributed by atoms with Crippen LogP contribution in [0.1, 0.15) is 55.4 Å². The number of nitrogens with zero attached hydrogens (tertiary/aromatic N) is 3. The summed E-state index contributed by atoms with van der Waals surface area (Å²) in [6, 6.07) is 9.82. The number of carbonyl (C=O) groups excluding carboxylic acids is 1. The highest BCUT2D eigenvalue weighted by Crippen LogP contribution is 2.43. The molecule has 0 radical (unpaired) electrons. The standard InChI is InChI=1S/C27H30N4O7/c32-20-14-23(33)26(24(15-20)37-21-8-6-19(7-9-21)31(35)36)25-16-22(29-38-25)27(34)28-17-10-12-30(13-11-17)18-4-2-1-3-5-18/h6-9,14-18,32-33H,1-5,10-13H2,(H,28,34). The smallest absolute Gasteiger partial charge is 0.273 e. The highest BCUT2D eigenvalue weighted by atomic mass is 16.6. The number of likely N-dealkylation sites (tertiary alicyclic amines) is 1. The number of amides is 1. The van der Waals surface area contributed by atoms with Gasteiger partial charge in [0.25, 0.3) is 11.6 Å². The van der Waals surface area contributed by atoms with E-state index in [0.29, 0.717) is 6.04 Å². The minimum atomic E-state index is -0.531. The summed E-state index contributed by atoms with van der Waals surface area (Å²) in [4.78, 5) is 25.8. The molecule has 0 bridgehead atoms. The van der Waals surface area contributed by atoms with E-state index >= 15 is 0 Å². The second-order valence-corrected chi connectivity index (χ2v) is 9.84. The molecule has 1 aromatic heterocycles. The summed E-state index contributed by atoms with van der Waals surface area (Å²) in [6.07, 6.45) is 8.20. The van der Waals surface area contributed by atoms with E-state index in [1.165, 1.54) is 68.5 Å². The normalized spacial score (nSPS) is 17.3. The predicted molar refractivity (Wildman–Crippen MR) is 137 cm³/mol. The molecule has 2 aliphatic rings. The van der Waals surface area contributed by atoms with E-state index in [2.05, 4.69) is 15.4 Å². The third-order valence-corrected chi connectivity index (χ3v) is 7.29. The first-order chi connectivity index (χ1) is 18.4. The van der Waals surface area contributed by atoms with Gasteiger partial charge in [-0.1, -0.05) is 24.4 Å². The summed E-state index contributed by atoms with van der Waals surface area (Å²) in [6.45, 7) is 1.93. The lowest BCUT2D eigenvalue weighted by molar-refractivity contribution is -0.384. The number of ether oxygens (including phenoxy) is 1. The number of benzene rings is 2. The average molecular weight is 523 g/mol. The number of rotatable bonds is 7. The summed E-state index contributed by atoms with van der Waals surface area (Å²) < 4.78 is 11.2. The Bertz CT molecular complexity index is 1290. The van der Waals surface area contributed by atoms with Crippen molar-refractivity contribution in [2.24, 2.45) is 0 Å². The molecule has 1 aliphatic carbocycles. The van der Waals surface area contributed by atoms with Crippen LogP contribution in [0.2, 0.25) is 0 Å². The Balaban J connectivity index is 1.27. The molecule has 1 saturated carbocycles. The molecule has 0 unspecified atom stereocenters. The Morgan fingerprint density at radius 3 is 2.45 bits per heavy atom. The van der Waals surface area contributed by atoms with Gasteiger partial charge >= 0.3 is 0 Å². The molecule has 1 amide bonds. The number of nitro benzene ring substituents is 1. The van der Waals surface area contributed by atoms with Gasteiger partial charge in [0.15, 0.2) is 11.5 Å². The average Bonchev–Trinajstić information content (AvgIpc) is 3.39. The first-order valence-electron chi connectivity index (χ1n) is 12.9. The van der Waals surface area contributed by atoms with Crippen LogP contribution >= 0.6 is 0 Å². The molecule has 1 aliphatic heterocycles. The largest absolute Gasteiger partial charge is 0.508 e. The molecule has 1 saturated heterocycles. The highest BCUT2D eigenvalue weighted by molar-refractivity contribution is 5.93. The van der Waals surface area contributed by atoms with Gasteiger partial charge in [-0.25, -0.2) is 0 Å². The van der Waals surface area contributed by atoms with Gasteiger partial charge in [0.1, 0.15) is 28.6 Å². The van der Waals surface area contributed by atoms with Gasteiger partial charge < -0.3 is 29.7 Å². The minimum Gasteiger partial charge on any atom is -0.508 e. The molecule has 200 valence electrons. The van der Waals surface area contributed by atoms with Crippen molar-refractivity contribution in [1.29, 1.82) is 0 Å². The zero-order valence-corrected chi connectivity index (χ0v) is 20.8. The molecular weight excluding hydrogens is 492 g/mol. The van der Waals surface area contributed by atoms with Crippen molar-refractivity contribution in [3.63, 3.8) is 0 Å². The quantitative estimate of drug-likeness (QED) is 0.288. The number of hydrogen-bond donors (Lipinski definition) is 3. The summed E-state index contributed by atoms with van der Waals surface area (Å²) in [5.74, 6) is -0.655. The molecule has 5 rings (SSSR count). The maximum atomic E-state index is 12.9. The van der Waals surface area contributed by atoms with E-state index in [0.717, 1.165) is 32.0 Å². The van der Waals surface area contributed by atoms with Crippen molar-refractivity contribution in [2.45, 2.75) is 57.0 Å². The van der Waals surface area contributed by atoms with E-state index in [1.54, 1.807) is 0 Å². The molecule has 2 heterocycles. The van der Waals surface area contributed by atoms with E-state index in [9.17, 15) is 25.1 Å². The number of phenols is 2. The fraction of sp³-hybridized carbons (Fsp3) is 0.407. The fourth-order valence-electron chi connectivity index (χ4n) is 5.29. The summed E-state index contributed by atoms with van der Waals surface area (Å²) >= 11 is 0. The zero-order chi connectivity index (χ0) is 26.6. The summed E-state index contributed by atoms with van der Waals surface area (Å²) in [7, 11) is 0. The third-order valence-electron chi connectivity index (χ3n) is 7.29. The van der Waals surface area contributed by atoms with Crippen LogP contribution in [0.5, 0.6) is 23.0 Å². The van der Waals surface area contributed by atoms with Gasteiger partial charge in [-0.15, -0.1) is 0 Å². The number of nitrogens with one attached hydrogen (secondary N) is 1. The number of hydrogen-bond acceptors (Lipinski definition) is 9. The second-order valence-electron chi connectivity index (χ2n) is 9.84. The first-order valence-corrected chi connectivity index (χ1v) is 12.9. The number of piperidine rings is 1. The molecule has 3 N–H and O–H groups in total. The van der Waals surface area contributed by atoms with E-state index < -0.39 is 4.92 Å². The third kappa shape index (κ3) is 5.72. The summed E-state index contributed by atoms with van der Waals surface area (Å²) in [5.41, 5.74) is 0.0267. The molecule has 11 nitrogen and oxygen atoms in total. The fourth-order valence-corrected chi connectivity index (χ4v) is 5.29. The van der Waals surface area contributed by atoms with Crippen LogP contribution in [0, 0.1) is 10.1 Å². The Labute approximate surface area is 219 Å². The Morgan fingerprint density at radius 1 is 1.05 bits per heavy atom. The topological polar surface area (TPSA) is 151 Å². The van der Waals surface area contributed by atoms with Crippen LogP contribution in [0.4, 0.5) is 5.69 Å². The van der Waals surface area contributed by atoms with Crippen LogP contribution in [-0.2, 0) is 0 Å². The van der Waals surface area contributed by atoms with E-state index in [4.69, 9.17) is 9.26 Å². The van der Waals surface area contributed by atoms with Crippen molar-refractivity contribution in [2.75, 3.05) is 13.1 Å². The number of nitro groups is 1. The second kappa shape index (κ2) is 11.1. The van der Waals surface area contributed by atoms with Gasteiger partial charge in [-0.2, -0.15) is 0 Å². The van der Waals surface area contributed by atoms with E-state index in [-0.39, 0.29) is 57.7 Å². The monoisotopic (exact) mass is 522 g/mol. The number of phenolic OH excluding ortho intramolecular Hbond substituents is 2. The maximum absolute atomic E-state index is 12.9. The first kappa shape index (κ1) is 25.5. The van der Waals surface area contributed by atoms with Gasteiger partial charge in [-0.05, 0) is 37.8 Å². The highest BCUT2D eigenvalue weighted by Gasteiger charge is 2.28. The summed E-state index contributed by atoms with van der Waals surface area (Å²) in [5, 5.41) is 38.4. The molecular formula is C27H30N4O7. The van der Waals surface area contributed by atoms with Crippen LogP contribution < -0.4 is 10.1 Å². The molecule has 2 fully saturated rings. The Morgan fingerprint density at radius 2 is 1.76 bits per heavy atom. The molecule has 2 aromatic carbocycles. The van der Waals surface area contributed by atoms with Crippen molar-refractivity contribution >= 4 is 11.6 Å². The number of non-ortho nitro benzene ring substituents is 1. The van der Waals surface area contributed by atoms with E-state index in [1.807, 2.05) is 0 Å². The predicted octanol–water partition coefficient (Wildman–Crippen LogP) is 4.98. The van der Waals surface area contributed by atoms with Gasteiger partial charge in [0.05, 0.1) is 4.92 Å². The lowest BCUT2D eigenvalue weighted by Crippen LogP contribution is -2.48. The molecule has 11 heteroatoms. The van der Waals surface area contributed by atoms with Gasteiger partial charge in [-0.3, -0.25) is 14.9 Å². The Hall–Kier alpha value is -4.12.